The maximum Gasteiger partial charge on any atom is 0.228 e. The molecule has 1 amide bonds. The summed E-state index contributed by atoms with van der Waals surface area (Å²) in [5.74, 6) is 1.72. The Balaban J connectivity index is 1.35. The van der Waals surface area contributed by atoms with Crippen LogP contribution in [0.15, 0.2) is 42.6 Å². The van der Waals surface area contributed by atoms with Gasteiger partial charge in [0.15, 0.2) is 0 Å². The molecule has 1 aromatic carbocycles. The molecule has 0 spiro atoms. The van der Waals surface area contributed by atoms with Gasteiger partial charge in [0.25, 0.3) is 0 Å². The highest BCUT2D eigenvalue weighted by atomic mass is 16.5. The molecule has 2 N–H and O–H groups in total. The fraction of sp³-hybridized carbons (Fsp3) is 0.476. The summed E-state index contributed by atoms with van der Waals surface area (Å²) < 4.78 is 5.18. The minimum absolute atomic E-state index is 0.00313. The van der Waals surface area contributed by atoms with Crippen LogP contribution in [0.5, 0.6) is 5.88 Å². The van der Waals surface area contributed by atoms with Gasteiger partial charge in [-0.25, -0.2) is 4.98 Å². The molecule has 2 fully saturated rings. The van der Waals surface area contributed by atoms with Crippen LogP contribution in [0.2, 0.25) is 0 Å². The first-order valence-electron chi connectivity index (χ1n) is 9.87. The second-order valence-electron chi connectivity index (χ2n) is 7.58. The number of hydrogen-bond acceptors (Lipinski definition) is 6. The monoisotopic (exact) mass is 381 g/mol. The van der Waals surface area contributed by atoms with Crippen LogP contribution in [0.1, 0.15) is 24.3 Å². The van der Waals surface area contributed by atoms with Gasteiger partial charge in [-0.1, -0.05) is 30.3 Å². The van der Waals surface area contributed by atoms with Crippen molar-refractivity contribution in [2.24, 2.45) is 11.7 Å². The third-order valence-corrected chi connectivity index (χ3v) is 5.86. The van der Waals surface area contributed by atoms with E-state index in [2.05, 4.69) is 27.0 Å². The number of nitrogens with zero attached hydrogens (tertiary/aromatic N) is 4. The summed E-state index contributed by atoms with van der Waals surface area (Å²) in [7, 11) is 1.60. The predicted octanol–water partition coefficient (Wildman–Crippen LogP) is 1.65. The first-order valence-corrected chi connectivity index (χ1v) is 9.87. The van der Waals surface area contributed by atoms with Crippen LogP contribution < -0.4 is 15.4 Å². The molecule has 2 aliphatic rings. The molecule has 28 heavy (non-hydrogen) atoms. The molecule has 2 aromatic rings. The number of carbonyl (C=O) groups excluding carboxylic acids is 1. The van der Waals surface area contributed by atoms with Crippen LogP contribution in [0, 0.1) is 5.92 Å². The Kier molecular flexibility index (Phi) is 5.43. The Morgan fingerprint density at radius 2 is 1.89 bits per heavy atom. The Bertz CT molecular complexity index is 807. The van der Waals surface area contributed by atoms with Gasteiger partial charge < -0.3 is 20.3 Å². The van der Waals surface area contributed by atoms with E-state index >= 15 is 0 Å². The second kappa shape index (κ2) is 8.14. The first-order chi connectivity index (χ1) is 13.7. The van der Waals surface area contributed by atoms with Crippen molar-refractivity contribution in [2.45, 2.75) is 24.8 Å². The Morgan fingerprint density at radius 3 is 2.61 bits per heavy atom. The number of likely N-dealkylation sites (tertiary alicyclic amines) is 1. The maximum absolute atomic E-state index is 13.1. The van der Waals surface area contributed by atoms with Gasteiger partial charge in [-0.3, -0.25) is 4.79 Å². The van der Waals surface area contributed by atoms with Crippen LogP contribution in [-0.4, -0.2) is 60.1 Å². The van der Waals surface area contributed by atoms with Gasteiger partial charge in [0.05, 0.1) is 7.11 Å². The number of piperidine rings is 1. The van der Waals surface area contributed by atoms with Gasteiger partial charge in [-0.05, 0) is 18.4 Å². The number of hydrogen-bond donors (Lipinski definition) is 1. The Morgan fingerprint density at radius 1 is 1.14 bits per heavy atom. The minimum atomic E-state index is -0.00313. The van der Waals surface area contributed by atoms with Crippen LogP contribution in [0.25, 0.3) is 0 Å². The number of nitrogens with two attached hydrogens (primary N) is 1. The number of carbonyl (C=O) groups is 1. The topological polar surface area (TPSA) is 84.6 Å². The zero-order valence-electron chi connectivity index (χ0n) is 16.2. The number of benzene rings is 1. The molecule has 0 radical (unpaired) electrons. The Hall–Kier alpha value is -2.67. The first kappa shape index (κ1) is 18.7. The van der Waals surface area contributed by atoms with E-state index in [0.717, 1.165) is 25.9 Å². The zero-order chi connectivity index (χ0) is 19.5. The number of methoxy groups -OCH3 is 1. The largest absolute Gasteiger partial charge is 0.481 e. The highest BCUT2D eigenvalue weighted by Crippen LogP contribution is 2.30. The van der Waals surface area contributed by atoms with E-state index < -0.39 is 0 Å². The summed E-state index contributed by atoms with van der Waals surface area (Å²) in [6, 6.07) is 12.0. The second-order valence-corrected chi connectivity index (χ2v) is 7.58. The average molecular weight is 381 g/mol. The van der Waals surface area contributed by atoms with Gasteiger partial charge in [-0.2, -0.15) is 4.98 Å². The van der Waals surface area contributed by atoms with E-state index in [9.17, 15) is 4.79 Å². The SMILES string of the molecule is COc1ccnc(N2CCC(C(=O)N3C[C@@H](N)[C@H](c4ccccc4)C3)CC2)n1. The molecule has 0 bridgehead atoms. The van der Waals surface area contributed by atoms with Crippen LogP contribution in [-0.2, 0) is 4.79 Å². The van der Waals surface area contributed by atoms with Crippen molar-refractivity contribution in [3.8, 4) is 5.88 Å². The summed E-state index contributed by atoms with van der Waals surface area (Å²) in [6.45, 7) is 2.89. The smallest absolute Gasteiger partial charge is 0.228 e. The highest BCUT2D eigenvalue weighted by Gasteiger charge is 2.37. The van der Waals surface area contributed by atoms with Crippen molar-refractivity contribution in [3.63, 3.8) is 0 Å². The molecule has 3 heterocycles. The molecule has 0 aliphatic carbocycles. The molecular weight excluding hydrogens is 354 g/mol. The number of amides is 1. The minimum Gasteiger partial charge on any atom is -0.481 e. The van der Waals surface area contributed by atoms with E-state index in [0.29, 0.717) is 24.9 Å². The van der Waals surface area contributed by atoms with Crippen molar-refractivity contribution in [1.29, 1.82) is 0 Å². The van der Waals surface area contributed by atoms with E-state index in [4.69, 9.17) is 10.5 Å². The van der Waals surface area contributed by atoms with Crippen LogP contribution >= 0.6 is 0 Å². The predicted molar refractivity (Wildman–Crippen MR) is 107 cm³/mol. The lowest BCUT2D eigenvalue weighted by Crippen LogP contribution is -2.43. The van der Waals surface area contributed by atoms with Crippen LogP contribution in [0.4, 0.5) is 5.95 Å². The number of ether oxygens (including phenoxy) is 1. The van der Waals surface area contributed by atoms with Gasteiger partial charge in [0.1, 0.15) is 0 Å². The third-order valence-electron chi connectivity index (χ3n) is 5.86. The van der Waals surface area contributed by atoms with Gasteiger partial charge in [0.2, 0.25) is 17.7 Å². The molecule has 1 aromatic heterocycles. The van der Waals surface area contributed by atoms with Crippen molar-refractivity contribution < 1.29 is 9.53 Å². The Labute approximate surface area is 165 Å². The summed E-state index contributed by atoms with van der Waals surface area (Å²) in [4.78, 5) is 25.9. The third kappa shape index (κ3) is 3.80. The van der Waals surface area contributed by atoms with Gasteiger partial charge in [0, 0.05) is 56.3 Å². The quantitative estimate of drug-likeness (QED) is 0.867. The average Bonchev–Trinajstić information content (AvgIpc) is 3.15. The van der Waals surface area contributed by atoms with E-state index in [1.165, 1.54) is 5.56 Å². The lowest BCUT2D eigenvalue weighted by molar-refractivity contribution is -0.135. The van der Waals surface area contributed by atoms with Crippen LogP contribution in [0.3, 0.4) is 0 Å². The van der Waals surface area contributed by atoms with Crippen molar-refractivity contribution in [3.05, 3.63) is 48.2 Å². The van der Waals surface area contributed by atoms with E-state index in [1.54, 1.807) is 19.4 Å². The fourth-order valence-electron chi connectivity index (χ4n) is 4.24. The lowest BCUT2D eigenvalue weighted by Gasteiger charge is -2.33. The molecule has 148 valence electrons. The van der Waals surface area contributed by atoms with Gasteiger partial charge in [-0.15, -0.1) is 0 Å². The summed E-state index contributed by atoms with van der Waals surface area (Å²) in [5, 5.41) is 0. The molecule has 7 heteroatoms. The van der Waals surface area contributed by atoms with E-state index in [1.807, 2.05) is 23.1 Å². The standard InChI is InChI=1S/C21H27N5O2/c1-28-19-7-10-23-21(24-19)25-11-8-16(9-12-25)20(27)26-13-17(18(22)14-26)15-5-3-2-4-6-15/h2-7,10,16-18H,8-9,11-14,22H2,1H3/t17-,18+/m0/s1. The lowest BCUT2D eigenvalue weighted by atomic mass is 9.94. The number of rotatable bonds is 4. The molecule has 0 unspecified atom stereocenters. The zero-order valence-corrected chi connectivity index (χ0v) is 16.2. The molecule has 2 saturated heterocycles. The fourth-order valence-corrected chi connectivity index (χ4v) is 4.24. The normalized spacial score (nSPS) is 23.1. The summed E-state index contributed by atoms with van der Waals surface area (Å²) >= 11 is 0. The highest BCUT2D eigenvalue weighted by molar-refractivity contribution is 5.79. The molecular formula is C21H27N5O2. The molecule has 7 nitrogen and oxygen atoms in total. The summed E-state index contributed by atoms with van der Waals surface area (Å²) in [5.41, 5.74) is 7.58. The van der Waals surface area contributed by atoms with Gasteiger partial charge >= 0.3 is 0 Å². The van der Waals surface area contributed by atoms with Crippen molar-refractivity contribution in [1.82, 2.24) is 14.9 Å². The number of anilines is 1. The van der Waals surface area contributed by atoms with Crippen molar-refractivity contribution in [2.75, 3.05) is 38.2 Å². The van der Waals surface area contributed by atoms with Crippen molar-refractivity contribution >= 4 is 11.9 Å². The number of aromatic nitrogens is 2. The van der Waals surface area contributed by atoms with E-state index in [-0.39, 0.29) is 23.8 Å². The molecule has 0 saturated carbocycles. The molecule has 4 rings (SSSR count). The molecule has 2 atom stereocenters. The maximum atomic E-state index is 13.1. The molecule has 2 aliphatic heterocycles. The summed E-state index contributed by atoms with van der Waals surface area (Å²) in [6.07, 6.45) is 3.32.